The summed E-state index contributed by atoms with van der Waals surface area (Å²) in [4.78, 5) is 28.6. The molecule has 1 heterocycles. The number of carbonyl (C=O) groups excluding carboxylic acids is 2. The Kier molecular flexibility index (Phi) is 6.89. The first-order chi connectivity index (χ1) is 14.5. The van der Waals surface area contributed by atoms with Crippen molar-refractivity contribution in [3.05, 3.63) is 57.8 Å². The van der Waals surface area contributed by atoms with Crippen LogP contribution in [0.15, 0.2) is 40.9 Å². The van der Waals surface area contributed by atoms with Gasteiger partial charge in [0.2, 0.25) is 0 Å². The van der Waals surface area contributed by atoms with Crippen LogP contribution in [0.3, 0.4) is 0 Å². The number of amides is 2. The van der Waals surface area contributed by atoms with Crippen LogP contribution in [0.2, 0.25) is 0 Å². The van der Waals surface area contributed by atoms with E-state index in [2.05, 4.69) is 26.1 Å². The molecular formula is C23H27BrFN3O3. The van der Waals surface area contributed by atoms with Gasteiger partial charge in [0.25, 0.3) is 5.91 Å². The van der Waals surface area contributed by atoms with Crippen LogP contribution in [0.1, 0.15) is 36.7 Å². The van der Waals surface area contributed by atoms with Crippen LogP contribution in [0, 0.1) is 12.7 Å². The van der Waals surface area contributed by atoms with Crippen molar-refractivity contribution in [2.24, 2.45) is 0 Å². The summed E-state index contributed by atoms with van der Waals surface area (Å²) in [6, 6.07) is 9.95. The fourth-order valence-corrected chi connectivity index (χ4v) is 3.63. The van der Waals surface area contributed by atoms with Gasteiger partial charge in [-0.3, -0.25) is 4.79 Å². The van der Waals surface area contributed by atoms with Crippen molar-refractivity contribution in [2.75, 3.05) is 36.4 Å². The molecule has 0 atom stereocenters. The molecule has 0 aromatic heterocycles. The lowest BCUT2D eigenvalue weighted by molar-refractivity contribution is 0.0240. The van der Waals surface area contributed by atoms with Gasteiger partial charge in [0.15, 0.2) is 0 Å². The van der Waals surface area contributed by atoms with Crippen LogP contribution >= 0.6 is 15.9 Å². The second-order valence-electron chi connectivity index (χ2n) is 8.54. The highest BCUT2D eigenvalue weighted by Gasteiger charge is 2.26. The molecule has 0 radical (unpaired) electrons. The molecule has 0 unspecified atom stereocenters. The average Bonchev–Trinajstić information content (AvgIpc) is 2.69. The van der Waals surface area contributed by atoms with Gasteiger partial charge in [0, 0.05) is 43.1 Å². The third-order valence-electron chi connectivity index (χ3n) is 4.91. The quantitative estimate of drug-likeness (QED) is 0.640. The Labute approximate surface area is 190 Å². The molecule has 3 rings (SSSR count). The molecule has 0 spiro atoms. The second kappa shape index (κ2) is 9.26. The maximum atomic E-state index is 13.7. The van der Waals surface area contributed by atoms with Crippen molar-refractivity contribution < 1.29 is 18.7 Å². The number of anilines is 2. The van der Waals surface area contributed by atoms with E-state index in [9.17, 15) is 14.0 Å². The number of ether oxygens (including phenoxy) is 1. The molecule has 31 heavy (non-hydrogen) atoms. The van der Waals surface area contributed by atoms with Crippen LogP contribution < -0.4 is 10.2 Å². The second-order valence-corrected chi connectivity index (χ2v) is 9.39. The maximum absolute atomic E-state index is 13.7. The zero-order chi connectivity index (χ0) is 22.8. The van der Waals surface area contributed by atoms with E-state index in [0.29, 0.717) is 36.3 Å². The molecule has 1 saturated heterocycles. The fourth-order valence-electron chi connectivity index (χ4n) is 3.39. The maximum Gasteiger partial charge on any atom is 0.410 e. The van der Waals surface area contributed by atoms with E-state index in [1.807, 2.05) is 45.9 Å². The summed E-state index contributed by atoms with van der Waals surface area (Å²) >= 11 is 3.08. The molecule has 1 N–H and O–H groups in total. The van der Waals surface area contributed by atoms with Crippen molar-refractivity contribution in [3.8, 4) is 0 Å². The van der Waals surface area contributed by atoms with E-state index >= 15 is 0 Å². The lowest BCUT2D eigenvalue weighted by atomic mass is 10.1. The van der Waals surface area contributed by atoms with Gasteiger partial charge in [-0.25, -0.2) is 9.18 Å². The normalized spacial score (nSPS) is 14.4. The molecule has 0 saturated carbocycles. The molecule has 1 aliphatic rings. The Morgan fingerprint density at radius 3 is 2.32 bits per heavy atom. The number of rotatable bonds is 3. The lowest BCUT2D eigenvalue weighted by Crippen LogP contribution is -2.50. The summed E-state index contributed by atoms with van der Waals surface area (Å²) in [6.07, 6.45) is -0.286. The molecule has 166 valence electrons. The Morgan fingerprint density at radius 1 is 1.06 bits per heavy atom. The monoisotopic (exact) mass is 491 g/mol. The summed E-state index contributed by atoms with van der Waals surface area (Å²) in [5.41, 5.74) is 2.44. The molecule has 2 amide bonds. The third kappa shape index (κ3) is 5.97. The van der Waals surface area contributed by atoms with Crippen LogP contribution in [0.5, 0.6) is 0 Å². The van der Waals surface area contributed by atoms with Crippen LogP contribution in [0.25, 0.3) is 0 Å². The van der Waals surface area contributed by atoms with Crippen molar-refractivity contribution in [3.63, 3.8) is 0 Å². The Morgan fingerprint density at radius 2 is 1.74 bits per heavy atom. The number of nitrogens with one attached hydrogen (secondary N) is 1. The molecule has 2 aromatic rings. The summed E-state index contributed by atoms with van der Waals surface area (Å²) < 4.78 is 19.5. The SMILES string of the molecule is Cc1cc(NC(=O)c2ccc(Br)c(F)c2)ccc1N1CCN(C(=O)OC(C)(C)C)CC1. The van der Waals surface area contributed by atoms with E-state index in [0.717, 1.165) is 11.3 Å². The molecule has 2 aromatic carbocycles. The van der Waals surface area contributed by atoms with Gasteiger partial charge in [-0.05, 0) is 85.6 Å². The van der Waals surface area contributed by atoms with Gasteiger partial charge in [-0.2, -0.15) is 0 Å². The highest BCUT2D eigenvalue weighted by Crippen LogP contribution is 2.26. The number of nitrogens with zero attached hydrogens (tertiary/aromatic N) is 2. The number of aryl methyl sites for hydroxylation is 1. The minimum atomic E-state index is -0.507. The van der Waals surface area contributed by atoms with Gasteiger partial charge in [-0.15, -0.1) is 0 Å². The minimum absolute atomic E-state index is 0.251. The first-order valence-electron chi connectivity index (χ1n) is 10.1. The Balaban J connectivity index is 1.61. The highest BCUT2D eigenvalue weighted by molar-refractivity contribution is 9.10. The largest absolute Gasteiger partial charge is 0.444 e. The number of hydrogen-bond donors (Lipinski definition) is 1. The predicted octanol–water partition coefficient (Wildman–Crippen LogP) is 5.21. The van der Waals surface area contributed by atoms with Gasteiger partial charge in [0.1, 0.15) is 11.4 Å². The van der Waals surface area contributed by atoms with Gasteiger partial charge >= 0.3 is 6.09 Å². The molecule has 0 bridgehead atoms. The minimum Gasteiger partial charge on any atom is -0.444 e. The number of hydrogen-bond acceptors (Lipinski definition) is 4. The Bertz CT molecular complexity index is 983. The zero-order valence-electron chi connectivity index (χ0n) is 18.2. The van der Waals surface area contributed by atoms with E-state index < -0.39 is 11.4 Å². The molecule has 0 aliphatic carbocycles. The van der Waals surface area contributed by atoms with Crippen molar-refractivity contribution >= 4 is 39.3 Å². The average molecular weight is 492 g/mol. The molecule has 1 aliphatic heterocycles. The van der Waals surface area contributed by atoms with E-state index in [1.54, 1.807) is 11.0 Å². The van der Waals surface area contributed by atoms with Gasteiger partial charge in [0.05, 0.1) is 4.47 Å². The molecule has 8 heteroatoms. The van der Waals surface area contributed by atoms with Gasteiger partial charge < -0.3 is 19.9 Å². The Hall–Kier alpha value is -2.61. The van der Waals surface area contributed by atoms with Crippen LogP contribution in [0.4, 0.5) is 20.6 Å². The van der Waals surface area contributed by atoms with Crippen molar-refractivity contribution in [1.29, 1.82) is 0 Å². The highest BCUT2D eigenvalue weighted by atomic mass is 79.9. The van der Waals surface area contributed by atoms with Gasteiger partial charge in [-0.1, -0.05) is 0 Å². The van der Waals surface area contributed by atoms with Crippen molar-refractivity contribution in [2.45, 2.75) is 33.3 Å². The lowest BCUT2D eigenvalue weighted by Gasteiger charge is -2.37. The summed E-state index contributed by atoms with van der Waals surface area (Å²) in [6.45, 7) is 10.1. The standard InChI is InChI=1S/C23H27BrFN3O3/c1-15-13-17(26-21(29)16-5-7-18(24)19(25)14-16)6-8-20(15)27-9-11-28(12-10-27)22(30)31-23(2,3)4/h5-8,13-14H,9-12H2,1-4H3,(H,26,29). The molecular weight excluding hydrogens is 465 g/mol. The number of halogens is 2. The van der Waals surface area contributed by atoms with Crippen molar-refractivity contribution in [1.82, 2.24) is 4.90 Å². The molecule has 1 fully saturated rings. The summed E-state index contributed by atoms with van der Waals surface area (Å²) in [7, 11) is 0. The smallest absolute Gasteiger partial charge is 0.410 e. The topological polar surface area (TPSA) is 61.9 Å². The number of carbonyl (C=O) groups is 2. The predicted molar refractivity (Wildman–Crippen MR) is 123 cm³/mol. The van der Waals surface area contributed by atoms with Crippen LogP contribution in [-0.4, -0.2) is 48.7 Å². The molecule has 6 nitrogen and oxygen atoms in total. The zero-order valence-corrected chi connectivity index (χ0v) is 19.8. The summed E-state index contributed by atoms with van der Waals surface area (Å²) in [5.74, 6) is -0.853. The van der Waals surface area contributed by atoms with E-state index in [1.165, 1.54) is 12.1 Å². The van der Waals surface area contributed by atoms with E-state index in [-0.39, 0.29) is 17.6 Å². The first-order valence-corrected chi connectivity index (χ1v) is 10.9. The summed E-state index contributed by atoms with van der Waals surface area (Å²) in [5, 5.41) is 2.81. The first kappa shape index (κ1) is 23.1. The number of piperazine rings is 1. The van der Waals surface area contributed by atoms with E-state index in [4.69, 9.17) is 4.74 Å². The third-order valence-corrected chi connectivity index (χ3v) is 5.55. The number of benzene rings is 2. The van der Waals surface area contributed by atoms with Crippen LogP contribution in [-0.2, 0) is 4.74 Å². The fraction of sp³-hybridized carbons (Fsp3) is 0.391.